The summed E-state index contributed by atoms with van der Waals surface area (Å²) >= 11 is 4.96. The van der Waals surface area contributed by atoms with Crippen LogP contribution < -0.4 is 10.2 Å². The molecular formula is C13H23N4O2S+. The Hall–Kier alpha value is -1.34. The summed E-state index contributed by atoms with van der Waals surface area (Å²) in [5.41, 5.74) is 0. The van der Waals surface area contributed by atoms with Gasteiger partial charge in [0.1, 0.15) is 0 Å². The zero-order chi connectivity index (χ0) is 15.1. The fourth-order valence-electron chi connectivity index (χ4n) is 2.07. The molecule has 1 aliphatic rings. The number of carbonyl (C=O) groups excluding carboxylic acids is 2. The maximum absolute atomic E-state index is 12.1. The third-order valence-corrected chi connectivity index (χ3v) is 3.78. The fraction of sp³-hybridized carbons (Fsp3) is 0.692. The Kier molecular flexibility index (Phi) is 6.74. The van der Waals surface area contributed by atoms with Gasteiger partial charge in [-0.25, -0.2) is 0 Å². The summed E-state index contributed by atoms with van der Waals surface area (Å²) < 4.78 is 0. The van der Waals surface area contributed by atoms with Crippen LogP contribution in [0.25, 0.3) is 0 Å². The van der Waals surface area contributed by atoms with E-state index in [1.54, 1.807) is 0 Å². The van der Waals surface area contributed by atoms with Crippen LogP contribution in [0.5, 0.6) is 0 Å². The monoisotopic (exact) mass is 299 g/mol. The van der Waals surface area contributed by atoms with Gasteiger partial charge in [0.15, 0.2) is 11.0 Å². The minimum atomic E-state index is -0.853. The zero-order valence-electron chi connectivity index (χ0n) is 12.3. The maximum atomic E-state index is 12.1. The van der Waals surface area contributed by atoms with Crippen LogP contribution in [0.2, 0.25) is 0 Å². The number of amides is 2. The van der Waals surface area contributed by atoms with E-state index in [2.05, 4.69) is 24.2 Å². The Morgan fingerprint density at radius 1 is 1.35 bits per heavy atom. The lowest BCUT2D eigenvalue weighted by Crippen LogP contribution is -3.11. The Labute approximate surface area is 125 Å². The molecule has 1 rings (SSSR count). The van der Waals surface area contributed by atoms with Crippen LogP contribution in [0.15, 0.2) is 4.99 Å². The van der Waals surface area contributed by atoms with Gasteiger partial charge in [0.05, 0.1) is 26.2 Å². The second-order valence-electron chi connectivity index (χ2n) is 4.62. The third kappa shape index (κ3) is 4.08. The van der Waals surface area contributed by atoms with Crippen molar-refractivity contribution >= 4 is 35.4 Å². The molecule has 2 N–H and O–H groups in total. The summed E-state index contributed by atoms with van der Waals surface area (Å²) in [4.78, 5) is 30.9. The van der Waals surface area contributed by atoms with E-state index in [0.29, 0.717) is 13.1 Å². The average molecular weight is 299 g/mol. The molecule has 7 heteroatoms. The van der Waals surface area contributed by atoms with Crippen LogP contribution in [-0.2, 0) is 9.59 Å². The molecule has 1 saturated heterocycles. The minimum absolute atomic E-state index is 0.180. The molecule has 20 heavy (non-hydrogen) atoms. The lowest BCUT2D eigenvalue weighted by molar-refractivity contribution is -0.894. The fourth-order valence-corrected chi connectivity index (χ4v) is 2.39. The summed E-state index contributed by atoms with van der Waals surface area (Å²) in [5, 5.41) is 2.71. The van der Waals surface area contributed by atoms with Crippen LogP contribution >= 0.6 is 12.2 Å². The van der Waals surface area contributed by atoms with E-state index in [-0.39, 0.29) is 16.9 Å². The van der Waals surface area contributed by atoms with Crippen molar-refractivity contribution in [3.05, 3.63) is 0 Å². The van der Waals surface area contributed by atoms with Crippen molar-refractivity contribution in [2.24, 2.45) is 10.9 Å². The second kappa shape index (κ2) is 8.06. The molecule has 0 bridgehead atoms. The van der Waals surface area contributed by atoms with Crippen molar-refractivity contribution in [2.75, 3.05) is 32.7 Å². The molecular weight excluding hydrogens is 276 g/mol. The molecule has 1 fully saturated rings. The molecule has 1 aliphatic heterocycles. The molecule has 0 aliphatic carbocycles. The molecule has 0 spiro atoms. The normalized spacial score (nSPS) is 20.1. The first-order valence-electron chi connectivity index (χ1n) is 7.04. The maximum Gasteiger partial charge on any atom is 0.246 e. The summed E-state index contributed by atoms with van der Waals surface area (Å²) in [6.45, 7) is 10.1. The molecule has 0 aromatic rings. The van der Waals surface area contributed by atoms with Crippen molar-refractivity contribution in [3.8, 4) is 0 Å². The van der Waals surface area contributed by atoms with Gasteiger partial charge in [-0.1, -0.05) is 0 Å². The first-order chi connectivity index (χ1) is 9.54. The van der Waals surface area contributed by atoms with E-state index < -0.39 is 5.92 Å². The SMILES string of the molecule is CCN1C(=O)[C@@H](C=NCC[NH+](CC)CC)C(=O)NC1=S. The molecule has 0 saturated carbocycles. The van der Waals surface area contributed by atoms with Gasteiger partial charge in [-0.15, -0.1) is 0 Å². The van der Waals surface area contributed by atoms with Crippen molar-refractivity contribution in [1.29, 1.82) is 0 Å². The van der Waals surface area contributed by atoms with E-state index in [9.17, 15) is 9.59 Å². The van der Waals surface area contributed by atoms with Crippen LogP contribution in [0.1, 0.15) is 20.8 Å². The number of nitrogens with zero attached hydrogens (tertiary/aromatic N) is 2. The summed E-state index contributed by atoms with van der Waals surface area (Å²) in [6, 6.07) is 0. The number of thiocarbonyl (C=S) groups is 1. The van der Waals surface area contributed by atoms with Gasteiger partial charge >= 0.3 is 0 Å². The van der Waals surface area contributed by atoms with Crippen molar-refractivity contribution in [1.82, 2.24) is 10.2 Å². The Balaban J connectivity index is 2.59. The first-order valence-corrected chi connectivity index (χ1v) is 7.45. The summed E-state index contributed by atoms with van der Waals surface area (Å²) in [5.74, 6) is -1.53. The summed E-state index contributed by atoms with van der Waals surface area (Å²) in [7, 11) is 0. The van der Waals surface area contributed by atoms with Gasteiger partial charge in [-0.2, -0.15) is 0 Å². The van der Waals surface area contributed by atoms with E-state index >= 15 is 0 Å². The van der Waals surface area contributed by atoms with Crippen molar-refractivity contribution in [3.63, 3.8) is 0 Å². The quantitative estimate of drug-likeness (QED) is 0.355. The molecule has 2 amide bonds. The van der Waals surface area contributed by atoms with Gasteiger partial charge in [0.2, 0.25) is 11.8 Å². The van der Waals surface area contributed by atoms with Crippen LogP contribution in [0.3, 0.4) is 0 Å². The van der Waals surface area contributed by atoms with Gasteiger partial charge in [-0.3, -0.25) is 19.5 Å². The highest BCUT2D eigenvalue weighted by Crippen LogP contribution is 2.08. The largest absolute Gasteiger partial charge is 0.334 e. The number of hydrogen-bond acceptors (Lipinski definition) is 4. The molecule has 0 unspecified atom stereocenters. The Morgan fingerprint density at radius 2 is 2.00 bits per heavy atom. The zero-order valence-corrected chi connectivity index (χ0v) is 13.1. The Bertz CT molecular complexity index is 407. The van der Waals surface area contributed by atoms with E-state index in [4.69, 9.17) is 12.2 Å². The molecule has 0 aromatic carbocycles. The Morgan fingerprint density at radius 3 is 2.55 bits per heavy atom. The highest BCUT2D eigenvalue weighted by molar-refractivity contribution is 7.80. The summed E-state index contributed by atoms with van der Waals surface area (Å²) in [6.07, 6.45) is 1.45. The number of likely N-dealkylation sites (N-methyl/N-ethyl adjacent to an activating group) is 1. The lowest BCUT2D eigenvalue weighted by atomic mass is 10.1. The highest BCUT2D eigenvalue weighted by atomic mass is 32.1. The topological polar surface area (TPSA) is 66.2 Å². The molecule has 0 aromatic heterocycles. The molecule has 1 heterocycles. The predicted octanol–water partition coefficient (Wildman–Crippen LogP) is -1.14. The van der Waals surface area contributed by atoms with E-state index in [1.165, 1.54) is 16.0 Å². The number of hydrogen-bond donors (Lipinski definition) is 2. The van der Waals surface area contributed by atoms with Gasteiger partial charge < -0.3 is 10.2 Å². The smallest absolute Gasteiger partial charge is 0.246 e. The van der Waals surface area contributed by atoms with Gasteiger partial charge in [0, 0.05) is 12.8 Å². The molecule has 112 valence electrons. The molecule has 0 radical (unpaired) electrons. The predicted molar refractivity (Wildman–Crippen MR) is 81.9 cm³/mol. The highest BCUT2D eigenvalue weighted by Gasteiger charge is 2.36. The standard InChI is InChI=1S/C13H22N4O2S/c1-4-16(5-2)8-7-14-9-10-11(18)15-13(20)17(6-3)12(10)19/h9-10H,4-8H2,1-3H3,(H,15,18,20)/p+1/t10-/m0/s1. The van der Waals surface area contributed by atoms with Crippen LogP contribution in [0.4, 0.5) is 0 Å². The second-order valence-corrected chi connectivity index (χ2v) is 5.00. The van der Waals surface area contributed by atoms with Gasteiger partial charge in [0.25, 0.3) is 0 Å². The number of carbonyl (C=O) groups is 2. The number of quaternary nitrogens is 1. The lowest BCUT2D eigenvalue weighted by Gasteiger charge is -2.29. The van der Waals surface area contributed by atoms with Crippen LogP contribution in [-0.4, -0.2) is 60.8 Å². The third-order valence-electron chi connectivity index (χ3n) is 3.46. The molecule has 1 atom stereocenters. The minimum Gasteiger partial charge on any atom is -0.334 e. The van der Waals surface area contributed by atoms with Crippen LogP contribution in [0, 0.1) is 5.92 Å². The van der Waals surface area contributed by atoms with E-state index in [1.807, 2.05) is 6.92 Å². The average Bonchev–Trinajstić information content (AvgIpc) is 2.42. The van der Waals surface area contributed by atoms with Crippen molar-refractivity contribution < 1.29 is 14.5 Å². The number of nitrogens with one attached hydrogen (secondary N) is 2. The first kappa shape index (κ1) is 16.7. The van der Waals surface area contributed by atoms with Crippen molar-refractivity contribution in [2.45, 2.75) is 20.8 Å². The number of rotatable bonds is 7. The number of aliphatic imine (C=N–C) groups is 1. The van der Waals surface area contributed by atoms with Gasteiger partial charge in [-0.05, 0) is 33.0 Å². The molecule has 6 nitrogen and oxygen atoms in total. The van der Waals surface area contributed by atoms with E-state index in [0.717, 1.165) is 19.6 Å².